The standard InChI is InChI=1S/C30H57N5Si2/c1-25(2,3)36(26(4,5)6,27(7,8)9)35(24-33-21-22-23(34-24)32-20-19-31-22)37(28(10,11)12,29(13,14)15)30(16,17)18/h19-21H,1-18H3. The zero-order chi connectivity index (χ0) is 29.3. The van der Waals surface area contributed by atoms with Crippen LogP contribution in [0.5, 0.6) is 0 Å². The smallest absolute Gasteiger partial charge is 0.211 e. The first kappa shape index (κ1) is 31.9. The molecule has 0 atom stereocenters. The number of aromatic nitrogens is 4. The summed E-state index contributed by atoms with van der Waals surface area (Å²) in [7, 11) is -5.20. The second-order valence-electron chi connectivity index (χ2n) is 17.2. The number of hydrogen-bond acceptors (Lipinski definition) is 5. The molecule has 0 spiro atoms. The van der Waals surface area contributed by atoms with Gasteiger partial charge in [0.05, 0.1) is 6.20 Å². The van der Waals surface area contributed by atoms with E-state index in [-0.39, 0.29) is 30.2 Å². The van der Waals surface area contributed by atoms with Crippen LogP contribution in [-0.2, 0) is 0 Å². The maximum absolute atomic E-state index is 5.30. The molecule has 210 valence electrons. The molecule has 0 aliphatic heterocycles. The summed E-state index contributed by atoms with van der Waals surface area (Å²) in [5.41, 5.74) is 1.42. The minimum Gasteiger partial charge on any atom is -0.390 e. The molecule has 0 fully saturated rings. The molecule has 0 amide bonds. The molecule has 0 radical (unpaired) electrons. The first-order chi connectivity index (χ1) is 16.2. The lowest BCUT2D eigenvalue weighted by Crippen LogP contribution is -2.83. The van der Waals surface area contributed by atoms with Gasteiger partial charge in [-0.3, -0.25) is 0 Å². The minimum absolute atomic E-state index is 0.0180. The fourth-order valence-corrected chi connectivity index (χ4v) is 36.6. The molecule has 2 aromatic heterocycles. The maximum atomic E-state index is 5.30. The molecule has 0 saturated heterocycles. The summed E-state index contributed by atoms with van der Waals surface area (Å²) >= 11 is 0. The fraction of sp³-hybridized carbons (Fsp3) is 0.800. The van der Waals surface area contributed by atoms with Crippen molar-refractivity contribution in [3.63, 3.8) is 0 Å². The molecule has 0 unspecified atom stereocenters. The van der Waals surface area contributed by atoms with Crippen LogP contribution in [0.4, 0.5) is 5.95 Å². The summed E-state index contributed by atoms with van der Waals surface area (Å²) in [6.07, 6.45) is 5.37. The summed E-state index contributed by atoms with van der Waals surface area (Å²) in [6.45, 7) is 44.7. The Hall–Kier alpha value is -1.35. The van der Waals surface area contributed by atoms with Crippen molar-refractivity contribution in [3.05, 3.63) is 18.6 Å². The van der Waals surface area contributed by atoms with Crippen molar-refractivity contribution in [2.24, 2.45) is 0 Å². The molecular formula is C30H57N5Si2. The zero-order valence-electron chi connectivity index (χ0n) is 27.5. The lowest BCUT2D eigenvalue weighted by molar-refractivity contribution is 0.495. The quantitative estimate of drug-likeness (QED) is 0.360. The fourth-order valence-electron chi connectivity index (χ4n) is 10.2. The normalized spacial score (nSPS) is 15.3. The van der Waals surface area contributed by atoms with E-state index in [1.54, 1.807) is 12.4 Å². The van der Waals surface area contributed by atoms with E-state index in [0.29, 0.717) is 5.65 Å². The molecule has 2 heterocycles. The molecule has 0 bridgehead atoms. The SMILES string of the molecule is CC(C)(C)[Si](N(c1ncc2nccnc2n1)[Si](C(C)(C)C)(C(C)(C)C)C(C)(C)C)(C(C)(C)C)C(C)(C)C. The van der Waals surface area contributed by atoms with Crippen molar-refractivity contribution in [2.45, 2.75) is 155 Å². The lowest BCUT2D eigenvalue weighted by Gasteiger charge is -2.74. The molecule has 0 aliphatic rings. The van der Waals surface area contributed by atoms with Crippen molar-refractivity contribution in [1.82, 2.24) is 19.9 Å². The van der Waals surface area contributed by atoms with Gasteiger partial charge in [0.25, 0.3) is 0 Å². The third-order valence-corrected chi connectivity index (χ3v) is 25.4. The highest BCUT2D eigenvalue weighted by molar-refractivity contribution is 7.08. The average molecular weight is 544 g/mol. The molecular weight excluding hydrogens is 487 g/mol. The number of hydrogen-bond donors (Lipinski definition) is 0. The summed E-state index contributed by atoms with van der Waals surface area (Å²) in [5, 5.41) is 0.108. The molecule has 0 aliphatic carbocycles. The van der Waals surface area contributed by atoms with Gasteiger partial charge in [-0.2, -0.15) is 4.98 Å². The van der Waals surface area contributed by atoms with Crippen molar-refractivity contribution in [2.75, 3.05) is 4.23 Å². The summed E-state index contributed by atoms with van der Waals surface area (Å²) in [5.74, 6) is 0.853. The van der Waals surface area contributed by atoms with Gasteiger partial charge in [0.1, 0.15) is 5.52 Å². The van der Waals surface area contributed by atoms with E-state index in [1.807, 2.05) is 6.20 Å². The monoisotopic (exact) mass is 543 g/mol. The zero-order valence-corrected chi connectivity index (χ0v) is 29.5. The minimum atomic E-state index is -2.60. The van der Waals surface area contributed by atoms with Gasteiger partial charge in [0.2, 0.25) is 5.95 Å². The van der Waals surface area contributed by atoms with Crippen LogP contribution >= 0.6 is 0 Å². The summed E-state index contributed by atoms with van der Waals surface area (Å²) < 4.78 is 2.98. The van der Waals surface area contributed by atoms with Gasteiger partial charge in [0.15, 0.2) is 22.1 Å². The Morgan fingerprint density at radius 3 is 1.14 bits per heavy atom. The van der Waals surface area contributed by atoms with Crippen LogP contribution < -0.4 is 4.23 Å². The average Bonchev–Trinajstić information content (AvgIpc) is 2.60. The molecule has 0 saturated carbocycles. The predicted octanol–water partition coefficient (Wildman–Crippen LogP) is 9.92. The van der Waals surface area contributed by atoms with Gasteiger partial charge < -0.3 is 4.23 Å². The predicted molar refractivity (Wildman–Crippen MR) is 167 cm³/mol. The van der Waals surface area contributed by atoms with E-state index in [0.717, 1.165) is 11.5 Å². The highest BCUT2D eigenvalue weighted by atomic mass is 28.4. The largest absolute Gasteiger partial charge is 0.390 e. The number of fused-ring (bicyclic) bond motifs is 1. The van der Waals surface area contributed by atoms with Crippen LogP contribution in [0.1, 0.15) is 125 Å². The molecule has 0 aromatic carbocycles. The number of anilines is 1. The van der Waals surface area contributed by atoms with Gasteiger partial charge in [-0.25, -0.2) is 15.0 Å². The Kier molecular flexibility index (Phi) is 7.84. The van der Waals surface area contributed by atoms with Crippen LogP contribution in [0, 0.1) is 0 Å². The van der Waals surface area contributed by atoms with E-state index in [1.165, 1.54) is 0 Å². The molecule has 2 aromatic rings. The van der Waals surface area contributed by atoms with Gasteiger partial charge in [0, 0.05) is 12.4 Å². The van der Waals surface area contributed by atoms with Crippen LogP contribution in [0.3, 0.4) is 0 Å². The third kappa shape index (κ3) is 4.70. The highest BCUT2D eigenvalue weighted by Crippen LogP contribution is 2.72. The van der Waals surface area contributed by atoms with Crippen LogP contribution in [-0.4, -0.2) is 36.4 Å². The number of nitrogens with zero attached hydrogens (tertiary/aromatic N) is 5. The van der Waals surface area contributed by atoms with E-state index < -0.39 is 16.5 Å². The first-order valence-electron chi connectivity index (χ1n) is 13.9. The third-order valence-electron chi connectivity index (χ3n) is 8.60. The summed E-state index contributed by atoms with van der Waals surface area (Å²) in [4.78, 5) is 19.7. The van der Waals surface area contributed by atoms with Crippen LogP contribution in [0.25, 0.3) is 11.2 Å². The topological polar surface area (TPSA) is 54.8 Å². The van der Waals surface area contributed by atoms with Gasteiger partial charge in [-0.1, -0.05) is 125 Å². The molecule has 7 heteroatoms. The molecule has 37 heavy (non-hydrogen) atoms. The van der Waals surface area contributed by atoms with Crippen molar-refractivity contribution >= 4 is 33.6 Å². The number of rotatable bonds is 3. The summed E-state index contributed by atoms with van der Waals surface area (Å²) in [6, 6.07) is 0. The Morgan fingerprint density at radius 2 is 0.811 bits per heavy atom. The van der Waals surface area contributed by atoms with E-state index in [9.17, 15) is 0 Å². The molecule has 2 rings (SSSR count). The van der Waals surface area contributed by atoms with E-state index in [4.69, 9.17) is 9.97 Å². The maximum Gasteiger partial charge on any atom is 0.211 e. The van der Waals surface area contributed by atoms with Crippen LogP contribution in [0.2, 0.25) is 30.2 Å². The molecule has 0 N–H and O–H groups in total. The van der Waals surface area contributed by atoms with Crippen molar-refractivity contribution in [3.8, 4) is 0 Å². The Balaban J connectivity index is 3.45. The lowest BCUT2D eigenvalue weighted by atomic mass is 10.2. The Morgan fingerprint density at radius 1 is 0.486 bits per heavy atom. The van der Waals surface area contributed by atoms with Crippen molar-refractivity contribution < 1.29 is 0 Å². The van der Waals surface area contributed by atoms with Crippen LogP contribution in [0.15, 0.2) is 18.6 Å². The second kappa shape index (κ2) is 9.11. The van der Waals surface area contributed by atoms with Gasteiger partial charge in [-0.15, -0.1) is 0 Å². The highest BCUT2D eigenvalue weighted by Gasteiger charge is 2.74. The van der Waals surface area contributed by atoms with E-state index in [2.05, 4.69) is 139 Å². The van der Waals surface area contributed by atoms with E-state index >= 15 is 0 Å². The Labute approximate surface area is 230 Å². The van der Waals surface area contributed by atoms with Crippen molar-refractivity contribution in [1.29, 1.82) is 0 Å². The first-order valence-corrected chi connectivity index (χ1v) is 17.8. The Bertz CT molecular complexity index is 979. The molecule has 5 nitrogen and oxygen atoms in total. The second-order valence-corrected chi connectivity index (χ2v) is 30.4. The van der Waals surface area contributed by atoms with Gasteiger partial charge >= 0.3 is 0 Å². The van der Waals surface area contributed by atoms with Gasteiger partial charge in [-0.05, 0) is 30.2 Å².